The number of benzene rings is 1. The average Bonchev–Trinajstić information content (AvgIpc) is 2.32. The molecule has 2 rings (SSSR count). The van der Waals surface area contributed by atoms with Crippen LogP contribution in [0.5, 0.6) is 0 Å². The molecule has 0 fully saturated rings. The summed E-state index contributed by atoms with van der Waals surface area (Å²) >= 11 is 9.63. The molecule has 1 heterocycles. The van der Waals surface area contributed by atoms with Gasteiger partial charge in [0.25, 0.3) is 0 Å². The number of aryl methyl sites for hydroxylation is 1. The molecule has 0 aliphatic rings. The van der Waals surface area contributed by atoms with E-state index in [0.717, 1.165) is 21.2 Å². The van der Waals surface area contributed by atoms with Crippen molar-refractivity contribution in [3.05, 3.63) is 62.8 Å². The number of hydrogen-bond donors (Lipinski definition) is 1. The molecular formula is C13H12BrClN2. The van der Waals surface area contributed by atoms with Crippen molar-refractivity contribution in [2.45, 2.75) is 13.0 Å². The van der Waals surface area contributed by atoms with Gasteiger partial charge in [0.2, 0.25) is 0 Å². The molecule has 2 aromatic rings. The maximum atomic E-state index is 6.23. The topological polar surface area (TPSA) is 38.9 Å². The van der Waals surface area contributed by atoms with E-state index in [4.69, 9.17) is 17.3 Å². The zero-order chi connectivity index (χ0) is 12.4. The third kappa shape index (κ3) is 2.68. The molecule has 0 saturated carbocycles. The van der Waals surface area contributed by atoms with Gasteiger partial charge in [-0.3, -0.25) is 4.98 Å². The Bertz CT molecular complexity index is 543. The normalized spacial score (nSPS) is 12.5. The minimum atomic E-state index is -0.257. The second-order valence-corrected chi connectivity index (χ2v) is 5.15. The van der Waals surface area contributed by atoms with Crippen LogP contribution in [-0.2, 0) is 0 Å². The molecule has 0 bridgehead atoms. The van der Waals surface area contributed by atoms with Gasteiger partial charge in [-0.1, -0.05) is 29.8 Å². The third-order valence-corrected chi connectivity index (χ3v) is 3.88. The van der Waals surface area contributed by atoms with E-state index in [1.807, 2.05) is 31.2 Å². The number of nitrogens with two attached hydrogens (primary N) is 1. The average molecular weight is 312 g/mol. The molecule has 4 heteroatoms. The lowest BCUT2D eigenvalue weighted by molar-refractivity contribution is 0.860. The van der Waals surface area contributed by atoms with Crippen LogP contribution in [0.3, 0.4) is 0 Å². The summed E-state index contributed by atoms with van der Waals surface area (Å²) in [6.07, 6.45) is 3.58. The van der Waals surface area contributed by atoms with E-state index in [0.29, 0.717) is 5.02 Å². The van der Waals surface area contributed by atoms with Crippen LogP contribution in [0.25, 0.3) is 0 Å². The van der Waals surface area contributed by atoms with E-state index in [-0.39, 0.29) is 6.04 Å². The first kappa shape index (κ1) is 12.6. The summed E-state index contributed by atoms with van der Waals surface area (Å²) in [6, 6.07) is 7.52. The smallest absolute Gasteiger partial charge is 0.0599 e. The van der Waals surface area contributed by atoms with E-state index in [9.17, 15) is 0 Å². The monoisotopic (exact) mass is 310 g/mol. The minimum Gasteiger partial charge on any atom is -0.320 e. The second-order valence-electron chi connectivity index (χ2n) is 3.92. The van der Waals surface area contributed by atoms with Crippen LogP contribution < -0.4 is 5.73 Å². The van der Waals surface area contributed by atoms with Crippen molar-refractivity contribution in [2.24, 2.45) is 5.73 Å². The Balaban J connectivity index is 2.44. The summed E-state index contributed by atoms with van der Waals surface area (Å²) in [5, 5.41) is 0.654. The molecule has 0 radical (unpaired) electrons. The van der Waals surface area contributed by atoms with Crippen LogP contribution in [0.1, 0.15) is 22.7 Å². The van der Waals surface area contributed by atoms with E-state index in [1.54, 1.807) is 12.4 Å². The van der Waals surface area contributed by atoms with Gasteiger partial charge in [-0.2, -0.15) is 0 Å². The number of hydrogen-bond acceptors (Lipinski definition) is 2. The van der Waals surface area contributed by atoms with Gasteiger partial charge in [0.05, 0.1) is 11.1 Å². The highest BCUT2D eigenvalue weighted by Crippen LogP contribution is 2.31. The van der Waals surface area contributed by atoms with Gasteiger partial charge in [0.1, 0.15) is 0 Å². The maximum Gasteiger partial charge on any atom is 0.0599 e. The summed E-state index contributed by atoms with van der Waals surface area (Å²) in [4.78, 5) is 4.15. The van der Waals surface area contributed by atoms with Gasteiger partial charge in [0, 0.05) is 16.9 Å². The van der Waals surface area contributed by atoms with Crippen molar-refractivity contribution in [2.75, 3.05) is 0 Å². The van der Waals surface area contributed by atoms with Gasteiger partial charge in [0.15, 0.2) is 0 Å². The first-order valence-electron chi connectivity index (χ1n) is 5.20. The van der Waals surface area contributed by atoms with Crippen LogP contribution in [0.4, 0.5) is 0 Å². The van der Waals surface area contributed by atoms with Crippen LogP contribution in [0.15, 0.2) is 41.1 Å². The standard InChI is InChI=1S/C13H12BrClN2/c1-8-5-9(7-17-6-8)13(16)10-3-2-4-11(14)12(10)15/h2-7,13H,16H2,1H3. The minimum absolute atomic E-state index is 0.257. The fourth-order valence-electron chi connectivity index (χ4n) is 1.69. The predicted molar refractivity (Wildman–Crippen MR) is 74.2 cm³/mol. The molecule has 1 unspecified atom stereocenters. The van der Waals surface area contributed by atoms with E-state index >= 15 is 0 Å². The Morgan fingerprint density at radius 1 is 1.35 bits per heavy atom. The fourth-order valence-corrected chi connectivity index (χ4v) is 2.31. The molecule has 88 valence electrons. The number of pyridine rings is 1. The number of rotatable bonds is 2. The fraction of sp³-hybridized carbons (Fsp3) is 0.154. The van der Waals surface area contributed by atoms with Crippen LogP contribution in [-0.4, -0.2) is 4.98 Å². The molecule has 2 nitrogen and oxygen atoms in total. The van der Waals surface area contributed by atoms with Crippen LogP contribution in [0.2, 0.25) is 5.02 Å². The summed E-state index contributed by atoms with van der Waals surface area (Å²) < 4.78 is 0.854. The first-order chi connectivity index (χ1) is 8.09. The molecule has 17 heavy (non-hydrogen) atoms. The van der Waals surface area contributed by atoms with E-state index in [2.05, 4.69) is 20.9 Å². The van der Waals surface area contributed by atoms with Gasteiger partial charge < -0.3 is 5.73 Å². The summed E-state index contributed by atoms with van der Waals surface area (Å²) in [5.41, 5.74) is 9.16. The Kier molecular flexibility index (Phi) is 3.82. The Hall–Kier alpha value is -0.900. The molecule has 0 aliphatic carbocycles. The number of aromatic nitrogens is 1. The molecule has 0 spiro atoms. The lowest BCUT2D eigenvalue weighted by Crippen LogP contribution is -2.13. The highest BCUT2D eigenvalue weighted by molar-refractivity contribution is 9.10. The van der Waals surface area contributed by atoms with Gasteiger partial charge in [-0.05, 0) is 45.6 Å². The highest BCUT2D eigenvalue weighted by atomic mass is 79.9. The molecule has 1 atom stereocenters. The van der Waals surface area contributed by atoms with Crippen molar-refractivity contribution < 1.29 is 0 Å². The quantitative estimate of drug-likeness (QED) is 0.915. The van der Waals surface area contributed by atoms with Crippen molar-refractivity contribution >= 4 is 27.5 Å². The zero-order valence-electron chi connectivity index (χ0n) is 9.32. The third-order valence-electron chi connectivity index (χ3n) is 2.57. The maximum absolute atomic E-state index is 6.23. The molecule has 0 aliphatic heterocycles. The van der Waals surface area contributed by atoms with Crippen molar-refractivity contribution in [1.82, 2.24) is 4.98 Å². The molecule has 1 aromatic heterocycles. The Labute approximate surface area is 114 Å². The van der Waals surface area contributed by atoms with Crippen LogP contribution >= 0.6 is 27.5 Å². The second kappa shape index (κ2) is 5.17. The number of nitrogens with zero attached hydrogens (tertiary/aromatic N) is 1. The van der Waals surface area contributed by atoms with Crippen molar-refractivity contribution in [3.8, 4) is 0 Å². The molecule has 1 aromatic carbocycles. The lowest BCUT2D eigenvalue weighted by Gasteiger charge is -2.15. The molecule has 0 amide bonds. The van der Waals surface area contributed by atoms with Crippen molar-refractivity contribution in [1.29, 1.82) is 0 Å². The summed E-state index contributed by atoms with van der Waals surface area (Å²) in [7, 11) is 0. The summed E-state index contributed by atoms with van der Waals surface area (Å²) in [5.74, 6) is 0. The van der Waals surface area contributed by atoms with E-state index < -0.39 is 0 Å². The SMILES string of the molecule is Cc1cncc(C(N)c2cccc(Br)c2Cl)c1. The van der Waals surface area contributed by atoms with E-state index in [1.165, 1.54) is 0 Å². The first-order valence-corrected chi connectivity index (χ1v) is 6.37. The van der Waals surface area contributed by atoms with Gasteiger partial charge >= 0.3 is 0 Å². The summed E-state index contributed by atoms with van der Waals surface area (Å²) in [6.45, 7) is 1.99. The van der Waals surface area contributed by atoms with Gasteiger partial charge in [-0.15, -0.1) is 0 Å². The highest BCUT2D eigenvalue weighted by Gasteiger charge is 2.14. The number of halogens is 2. The Morgan fingerprint density at radius 2 is 2.12 bits per heavy atom. The molecular weight excluding hydrogens is 300 g/mol. The van der Waals surface area contributed by atoms with Crippen molar-refractivity contribution in [3.63, 3.8) is 0 Å². The molecule has 2 N–H and O–H groups in total. The largest absolute Gasteiger partial charge is 0.320 e. The van der Waals surface area contributed by atoms with Gasteiger partial charge in [-0.25, -0.2) is 0 Å². The predicted octanol–water partition coefficient (Wildman–Crippen LogP) is 3.85. The van der Waals surface area contributed by atoms with Crippen LogP contribution in [0, 0.1) is 6.92 Å². The lowest BCUT2D eigenvalue weighted by atomic mass is 10.0. The zero-order valence-corrected chi connectivity index (χ0v) is 11.7. The molecule has 0 saturated heterocycles. The Morgan fingerprint density at radius 3 is 2.82 bits per heavy atom.